The Hall–Kier alpha value is -1.09. The van der Waals surface area contributed by atoms with Gasteiger partial charge in [0.05, 0.1) is 6.54 Å². The highest BCUT2D eigenvalue weighted by molar-refractivity contribution is 9.10. The number of ketones is 1. The first-order valence-electron chi connectivity index (χ1n) is 6.52. The summed E-state index contributed by atoms with van der Waals surface area (Å²) in [5.41, 5.74) is 1.13. The monoisotopic (exact) mass is 305 g/mol. The number of hydrogen-bond donors (Lipinski definition) is 0. The number of benzene rings is 1. The van der Waals surface area contributed by atoms with Crippen molar-refractivity contribution in [3.8, 4) is 0 Å². The van der Waals surface area contributed by atoms with E-state index in [-0.39, 0.29) is 0 Å². The van der Waals surface area contributed by atoms with Gasteiger partial charge >= 0.3 is 0 Å². The van der Waals surface area contributed by atoms with Gasteiger partial charge in [-0.2, -0.15) is 0 Å². The smallest absolute Gasteiger partial charge is 0.155 e. The lowest BCUT2D eigenvalue weighted by Crippen LogP contribution is -2.17. The summed E-state index contributed by atoms with van der Waals surface area (Å²) >= 11 is 3.54. The van der Waals surface area contributed by atoms with E-state index in [9.17, 15) is 4.79 Å². The summed E-state index contributed by atoms with van der Waals surface area (Å²) in [4.78, 5) is 12.2. The van der Waals surface area contributed by atoms with Crippen molar-refractivity contribution in [2.24, 2.45) is 5.92 Å². The number of Topliss-reactive ketones (excluding diaryl/α,β-unsaturated/α-hetero) is 1. The average Bonchev–Trinajstić information content (AvgIpc) is 2.99. The second-order valence-electron chi connectivity index (χ2n) is 5.06. The van der Waals surface area contributed by atoms with E-state index in [0.717, 1.165) is 22.8 Å². The molecule has 0 unspecified atom stereocenters. The lowest BCUT2D eigenvalue weighted by Gasteiger charge is -2.09. The summed E-state index contributed by atoms with van der Waals surface area (Å²) in [6.45, 7) is 0.518. The predicted molar refractivity (Wildman–Crippen MR) is 76.6 cm³/mol. The van der Waals surface area contributed by atoms with Gasteiger partial charge in [0.2, 0.25) is 0 Å². The SMILES string of the molecule is O=C(Cn1ccc2c(Br)cccc21)C1CCCC1. The lowest BCUT2D eigenvalue weighted by atomic mass is 10.0. The van der Waals surface area contributed by atoms with Crippen molar-refractivity contribution < 1.29 is 4.79 Å². The van der Waals surface area contributed by atoms with Crippen molar-refractivity contribution in [3.63, 3.8) is 0 Å². The van der Waals surface area contributed by atoms with Crippen molar-refractivity contribution >= 4 is 32.6 Å². The first-order valence-corrected chi connectivity index (χ1v) is 7.31. The predicted octanol–water partition coefficient (Wildman–Crippen LogP) is 4.16. The molecule has 94 valence electrons. The second kappa shape index (κ2) is 4.88. The van der Waals surface area contributed by atoms with Crippen molar-refractivity contribution in [1.82, 2.24) is 4.57 Å². The largest absolute Gasteiger partial charge is 0.340 e. The molecular formula is C15H16BrNO. The number of aromatic nitrogens is 1. The third kappa shape index (κ3) is 2.12. The molecule has 0 N–H and O–H groups in total. The van der Waals surface area contributed by atoms with Crippen LogP contribution in [0.2, 0.25) is 0 Å². The van der Waals surface area contributed by atoms with Crippen LogP contribution in [0.25, 0.3) is 10.9 Å². The van der Waals surface area contributed by atoms with Gasteiger partial charge in [0.1, 0.15) is 0 Å². The van der Waals surface area contributed by atoms with E-state index in [1.54, 1.807) is 0 Å². The average molecular weight is 306 g/mol. The van der Waals surface area contributed by atoms with Crippen molar-refractivity contribution in [3.05, 3.63) is 34.9 Å². The Balaban J connectivity index is 1.86. The minimum Gasteiger partial charge on any atom is -0.340 e. The molecule has 1 fully saturated rings. The summed E-state index contributed by atoms with van der Waals surface area (Å²) in [5.74, 6) is 0.694. The Kier molecular flexibility index (Phi) is 3.25. The molecule has 0 spiro atoms. The Labute approximate surface area is 115 Å². The maximum atomic E-state index is 12.2. The molecule has 1 aliphatic rings. The minimum absolute atomic E-state index is 0.301. The number of rotatable bonds is 3. The zero-order valence-electron chi connectivity index (χ0n) is 10.2. The summed E-state index contributed by atoms with van der Waals surface area (Å²) in [7, 11) is 0. The summed E-state index contributed by atoms with van der Waals surface area (Å²) in [6, 6.07) is 8.19. The third-order valence-electron chi connectivity index (χ3n) is 3.90. The van der Waals surface area contributed by atoms with Gasteiger partial charge < -0.3 is 4.57 Å². The quantitative estimate of drug-likeness (QED) is 0.834. The van der Waals surface area contributed by atoms with Crippen molar-refractivity contribution in [1.29, 1.82) is 0 Å². The van der Waals surface area contributed by atoms with E-state index in [1.807, 2.05) is 18.3 Å². The van der Waals surface area contributed by atoms with Gasteiger partial charge in [-0.3, -0.25) is 4.79 Å². The molecule has 0 radical (unpaired) electrons. The van der Waals surface area contributed by atoms with Gasteiger partial charge in [-0.15, -0.1) is 0 Å². The van der Waals surface area contributed by atoms with Crippen LogP contribution in [0.5, 0.6) is 0 Å². The zero-order valence-corrected chi connectivity index (χ0v) is 11.8. The fourth-order valence-corrected chi connectivity index (χ4v) is 3.36. The van der Waals surface area contributed by atoms with E-state index in [4.69, 9.17) is 0 Å². The number of carbonyl (C=O) groups is 1. The van der Waals surface area contributed by atoms with Gasteiger partial charge in [0.15, 0.2) is 5.78 Å². The number of hydrogen-bond acceptors (Lipinski definition) is 1. The molecule has 0 atom stereocenters. The highest BCUT2D eigenvalue weighted by Gasteiger charge is 2.22. The van der Waals surface area contributed by atoms with E-state index < -0.39 is 0 Å². The van der Waals surface area contributed by atoms with Crippen LogP contribution in [-0.2, 0) is 11.3 Å². The molecule has 1 aromatic heterocycles. The van der Waals surface area contributed by atoms with Crippen LogP contribution in [-0.4, -0.2) is 10.4 Å². The normalized spacial score (nSPS) is 16.5. The van der Waals surface area contributed by atoms with Gasteiger partial charge in [-0.05, 0) is 31.0 Å². The van der Waals surface area contributed by atoms with Gasteiger partial charge in [-0.1, -0.05) is 34.8 Å². The number of nitrogens with zero attached hydrogens (tertiary/aromatic N) is 1. The van der Waals surface area contributed by atoms with Crippen LogP contribution in [0.4, 0.5) is 0 Å². The van der Waals surface area contributed by atoms with Gasteiger partial charge in [0.25, 0.3) is 0 Å². The van der Waals surface area contributed by atoms with Crippen molar-refractivity contribution in [2.75, 3.05) is 0 Å². The van der Waals surface area contributed by atoms with Crippen LogP contribution in [0.3, 0.4) is 0 Å². The zero-order chi connectivity index (χ0) is 12.5. The molecule has 1 saturated carbocycles. The fourth-order valence-electron chi connectivity index (χ4n) is 2.87. The molecule has 2 nitrogen and oxygen atoms in total. The van der Waals surface area contributed by atoms with Crippen LogP contribution in [0.15, 0.2) is 34.9 Å². The second-order valence-corrected chi connectivity index (χ2v) is 5.92. The van der Waals surface area contributed by atoms with Crippen LogP contribution >= 0.6 is 15.9 Å². The summed E-state index contributed by atoms with van der Waals surface area (Å²) in [6.07, 6.45) is 6.62. The third-order valence-corrected chi connectivity index (χ3v) is 4.59. The van der Waals surface area contributed by atoms with Gasteiger partial charge in [-0.25, -0.2) is 0 Å². The number of fused-ring (bicyclic) bond motifs is 1. The summed E-state index contributed by atoms with van der Waals surface area (Å²) < 4.78 is 3.16. The lowest BCUT2D eigenvalue weighted by molar-refractivity contribution is -0.123. The first kappa shape index (κ1) is 12.0. The van der Waals surface area contributed by atoms with E-state index in [0.29, 0.717) is 18.2 Å². The molecule has 18 heavy (non-hydrogen) atoms. The molecule has 1 heterocycles. The standard InChI is InChI=1S/C15H16BrNO/c16-13-6-3-7-14-12(13)8-9-17(14)10-15(18)11-4-1-2-5-11/h3,6-9,11H,1-2,4-5,10H2. The first-order chi connectivity index (χ1) is 8.75. The molecule has 0 saturated heterocycles. The molecule has 1 aromatic carbocycles. The highest BCUT2D eigenvalue weighted by atomic mass is 79.9. The maximum absolute atomic E-state index is 12.2. The molecule has 3 rings (SSSR count). The van der Waals surface area contributed by atoms with E-state index >= 15 is 0 Å². The Bertz CT molecular complexity index is 581. The Morgan fingerprint density at radius 3 is 2.83 bits per heavy atom. The minimum atomic E-state index is 0.301. The molecule has 0 aliphatic heterocycles. The molecule has 1 aliphatic carbocycles. The van der Waals surface area contributed by atoms with E-state index in [1.165, 1.54) is 18.2 Å². The Morgan fingerprint density at radius 1 is 1.28 bits per heavy atom. The van der Waals surface area contributed by atoms with Gasteiger partial charge in [0, 0.05) is 27.5 Å². The topological polar surface area (TPSA) is 22.0 Å². The van der Waals surface area contributed by atoms with E-state index in [2.05, 4.69) is 32.6 Å². The molecule has 0 bridgehead atoms. The molecule has 3 heteroatoms. The van der Waals surface area contributed by atoms with Crippen molar-refractivity contribution in [2.45, 2.75) is 32.2 Å². The number of halogens is 1. The summed E-state index contributed by atoms with van der Waals surface area (Å²) in [5, 5.41) is 1.18. The fraction of sp³-hybridized carbons (Fsp3) is 0.400. The maximum Gasteiger partial charge on any atom is 0.155 e. The van der Waals surface area contributed by atoms with Crippen LogP contribution < -0.4 is 0 Å². The van der Waals surface area contributed by atoms with Crippen LogP contribution in [0.1, 0.15) is 25.7 Å². The highest BCUT2D eigenvalue weighted by Crippen LogP contribution is 2.28. The molecule has 0 amide bonds. The number of carbonyl (C=O) groups excluding carboxylic acids is 1. The van der Waals surface area contributed by atoms with Crippen LogP contribution in [0, 0.1) is 5.92 Å². The molecular weight excluding hydrogens is 290 g/mol. The molecule has 2 aromatic rings. The Morgan fingerprint density at radius 2 is 2.06 bits per heavy atom.